The Bertz CT molecular complexity index is 747. The number of aliphatic hydroxyl groups is 1. The van der Waals surface area contributed by atoms with Gasteiger partial charge in [0.2, 0.25) is 5.91 Å². The molecule has 0 aromatic heterocycles. The van der Waals surface area contributed by atoms with Crippen LogP contribution in [0.2, 0.25) is 0 Å². The SMILES string of the molecule is COc1cccc(CNC(=O)CNC2(CO)CCc3ccccc32)c1. The summed E-state index contributed by atoms with van der Waals surface area (Å²) < 4.78 is 5.18. The van der Waals surface area contributed by atoms with Gasteiger partial charge in [0, 0.05) is 6.54 Å². The average Bonchev–Trinajstić information content (AvgIpc) is 3.04. The first kappa shape index (κ1) is 17.5. The van der Waals surface area contributed by atoms with Crippen LogP contribution in [0.25, 0.3) is 0 Å². The van der Waals surface area contributed by atoms with E-state index in [2.05, 4.69) is 16.7 Å². The zero-order chi connectivity index (χ0) is 17.7. The molecule has 1 aliphatic carbocycles. The van der Waals surface area contributed by atoms with Gasteiger partial charge in [-0.3, -0.25) is 10.1 Å². The standard InChI is InChI=1S/C20H24N2O3/c1-25-17-7-4-5-15(11-17)12-21-19(24)13-22-20(14-23)10-9-16-6-2-3-8-18(16)20/h2-8,11,22-23H,9-10,12-14H2,1H3,(H,21,24). The summed E-state index contributed by atoms with van der Waals surface area (Å²) in [6.07, 6.45) is 1.71. The van der Waals surface area contributed by atoms with Crippen molar-refractivity contribution in [3.63, 3.8) is 0 Å². The molecule has 0 radical (unpaired) electrons. The molecule has 0 saturated carbocycles. The van der Waals surface area contributed by atoms with Gasteiger partial charge in [-0.2, -0.15) is 0 Å². The maximum absolute atomic E-state index is 12.2. The summed E-state index contributed by atoms with van der Waals surface area (Å²) in [6, 6.07) is 15.7. The van der Waals surface area contributed by atoms with Gasteiger partial charge in [0.15, 0.2) is 0 Å². The number of aryl methyl sites for hydroxylation is 1. The summed E-state index contributed by atoms with van der Waals surface area (Å²) in [5.41, 5.74) is 2.79. The van der Waals surface area contributed by atoms with Crippen molar-refractivity contribution in [1.29, 1.82) is 0 Å². The van der Waals surface area contributed by atoms with Gasteiger partial charge in [-0.1, -0.05) is 36.4 Å². The summed E-state index contributed by atoms with van der Waals surface area (Å²) in [5.74, 6) is 0.673. The normalized spacial score (nSPS) is 18.6. The number of methoxy groups -OCH3 is 1. The van der Waals surface area contributed by atoms with E-state index >= 15 is 0 Å². The van der Waals surface area contributed by atoms with E-state index in [1.165, 1.54) is 5.56 Å². The third-order valence-corrected chi connectivity index (χ3v) is 4.84. The fraction of sp³-hybridized carbons (Fsp3) is 0.350. The summed E-state index contributed by atoms with van der Waals surface area (Å²) in [4.78, 5) is 12.2. The molecule has 0 saturated heterocycles. The molecule has 2 aromatic rings. The van der Waals surface area contributed by atoms with Crippen LogP contribution >= 0.6 is 0 Å². The van der Waals surface area contributed by atoms with Gasteiger partial charge < -0.3 is 15.2 Å². The molecule has 0 fully saturated rings. The number of ether oxygens (including phenoxy) is 1. The van der Waals surface area contributed by atoms with Gasteiger partial charge >= 0.3 is 0 Å². The van der Waals surface area contributed by atoms with E-state index < -0.39 is 5.54 Å². The van der Waals surface area contributed by atoms with Crippen LogP contribution in [-0.2, 0) is 23.3 Å². The van der Waals surface area contributed by atoms with Crippen LogP contribution in [0.5, 0.6) is 5.75 Å². The quantitative estimate of drug-likeness (QED) is 0.718. The Balaban J connectivity index is 1.56. The maximum atomic E-state index is 12.2. The van der Waals surface area contributed by atoms with Gasteiger partial charge in [0.1, 0.15) is 5.75 Å². The molecule has 5 nitrogen and oxygen atoms in total. The Kier molecular flexibility index (Phi) is 5.36. The molecule has 132 valence electrons. The van der Waals surface area contributed by atoms with Crippen molar-refractivity contribution in [1.82, 2.24) is 10.6 Å². The molecular weight excluding hydrogens is 316 g/mol. The smallest absolute Gasteiger partial charge is 0.234 e. The van der Waals surface area contributed by atoms with E-state index in [1.54, 1.807) is 7.11 Å². The summed E-state index contributed by atoms with van der Waals surface area (Å²) in [5, 5.41) is 16.1. The largest absolute Gasteiger partial charge is 0.497 e. The Hall–Kier alpha value is -2.37. The molecule has 1 amide bonds. The molecule has 5 heteroatoms. The highest BCUT2D eigenvalue weighted by atomic mass is 16.5. The number of amides is 1. The number of aliphatic hydroxyl groups excluding tert-OH is 1. The van der Waals surface area contributed by atoms with E-state index in [9.17, 15) is 9.90 Å². The molecule has 25 heavy (non-hydrogen) atoms. The lowest BCUT2D eigenvalue weighted by Gasteiger charge is -2.29. The molecule has 3 N–H and O–H groups in total. The first-order valence-corrected chi connectivity index (χ1v) is 8.51. The second-order valence-corrected chi connectivity index (χ2v) is 6.38. The van der Waals surface area contributed by atoms with Gasteiger partial charge in [-0.25, -0.2) is 0 Å². The van der Waals surface area contributed by atoms with Crippen LogP contribution < -0.4 is 15.4 Å². The minimum Gasteiger partial charge on any atom is -0.497 e. The summed E-state index contributed by atoms with van der Waals surface area (Å²) >= 11 is 0. The summed E-state index contributed by atoms with van der Waals surface area (Å²) in [6.45, 7) is 0.590. The van der Waals surface area contributed by atoms with Crippen molar-refractivity contribution >= 4 is 5.91 Å². The lowest BCUT2D eigenvalue weighted by atomic mass is 9.92. The highest BCUT2D eigenvalue weighted by molar-refractivity contribution is 5.78. The molecule has 0 aliphatic heterocycles. The molecule has 0 heterocycles. The van der Waals surface area contributed by atoms with E-state index in [0.717, 1.165) is 29.7 Å². The number of benzene rings is 2. The zero-order valence-electron chi connectivity index (χ0n) is 14.4. The van der Waals surface area contributed by atoms with Crippen molar-refractivity contribution in [2.45, 2.75) is 24.9 Å². The number of carbonyl (C=O) groups is 1. The molecule has 1 aliphatic rings. The highest BCUT2D eigenvalue weighted by Crippen LogP contribution is 2.36. The fourth-order valence-electron chi connectivity index (χ4n) is 3.39. The molecule has 0 spiro atoms. The lowest BCUT2D eigenvalue weighted by Crippen LogP contribution is -2.48. The molecule has 1 atom stereocenters. The predicted molar refractivity (Wildman–Crippen MR) is 96.4 cm³/mol. The van der Waals surface area contributed by atoms with Gasteiger partial charge in [0.25, 0.3) is 0 Å². The Morgan fingerprint density at radius 2 is 2.08 bits per heavy atom. The number of carbonyl (C=O) groups excluding carboxylic acids is 1. The van der Waals surface area contributed by atoms with Crippen molar-refractivity contribution in [2.75, 3.05) is 20.3 Å². The van der Waals surface area contributed by atoms with Crippen LogP contribution in [0.4, 0.5) is 0 Å². The molecular formula is C20H24N2O3. The van der Waals surface area contributed by atoms with Crippen LogP contribution in [-0.4, -0.2) is 31.3 Å². The molecule has 0 bridgehead atoms. The van der Waals surface area contributed by atoms with Crippen LogP contribution in [0, 0.1) is 0 Å². The van der Waals surface area contributed by atoms with Crippen molar-refractivity contribution < 1.29 is 14.6 Å². The number of hydrogen-bond acceptors (Lipinski definition) is 4. The summed E-state index contributed by atoms with van der Waals surface area (Å²) in [7, 11) is 1.62. The number of nitrogens with one attached hydrogen (secondary N) is 2. The highest BCUT2D eigenvalue weighted by Gasteiger charge is 2.37. The van der Waals surface area contributed by atoms with Crippen LogP contribution in [0.3, 0.4) is 0 Å². The minimum atomic E-state index is -0.524. The average molecular weight is 340 g/mol. The minimum absolute atomic E-state index is 0.0207. The van der Waals surface area contributed by atoms with Gasteiger partial charge in [0.05, 0.1) is 25.8 Å². The third-order valence-electron chi connectivity index (χ3n) is 4.84. The third kappa shape index (κ3) is 3.83. The van der Waals surface area contributed by atoms with E-state index in [0.29, 0.717) is 6.54 Å². The van der Waals surface area contributed by atoms with E-state index in [4.69, 9.17) is 4.74 Å². The van der Waals surface area contributed by atoms with E-state index in [-0.39, 0.29) is 19.1 Å². The van der Waals surface area contributed by atoms with Gasteiger partial charge in [-0.15, -0.1) is 0 Å². The second-order valence-electron chi connectivity index (χ2n) is 6.38. The molecule has 2 aromatic carbocycles. The van der Waals surface area contributed by atoms with E-state index in [1.807, 2.05) is 42.5 Å². The second kappa shape index (κ2) is 7.68. The topological polar surface area (TPSA) is 70.6 Å². The first-order chi connectivity index (χ1) is 12.2. The predicted octanol–water partition coefficient (Wildman–Crippen LogP) is 1.73. The Labute approximate surface area is 148 Å². The monoisotopic (exact) mass is 340 g/mol. The van der Waals surface area contributed by atoms with Crippen molar-refractivity contribution in [3.05, 3.63) is 65.2 Å². The Morgan fingerprint density at radius 1 is 1.24 bits per heavy atom. The zero-order valence-corrected chi connectivity index (χ0v) is 14.4. The van der Waals surface area contributed by atoms with Crippen LogP contribution in [0.15, 0.2) is 48.5 Å². The van der Waals surface area contributed by atoms with Crippen LogP contribution in [0.1, 0.15) is 23.1 Å². The number of hydrogen-bond donors (Lipinski definition) is 3. The Morgan fingerprint density at radius 3 is 2.88 bits per heavy atom. The number of fused-ring (bicyclic) bond motifs is 1. The number of rotatable bonds is 7. The molecule has 3 rings (SSSR count). The molecule has 1 unspecified atom stereocenters. The van der Waals surface area contributed by atoms with Crippen molar-refractivity contribution in [2.24, 2.45) is 0 Å². The lowest BCUT2D eigenvalue weighted by molar-refractivity contribution is -0.120. The fourth-order valence-corrected chi connectivity index (χ4v) is 3.39. The van der Waals surface area contributed by atoms with Crippen molar-refractivity contribution in [3.8, 4) is 5.75 Å². The first-order valence-electron chi connectivity index (χ1n) is 8.51. The van der Waals surface area contributed by atoms with Gasteiger partial charge in [-0.05, 0) is 41.7 Å². The maximum Gasteiger partial charge on any atom is 0.234 e.